The summed E-state index contributed by atoms with van der Waals surface area (Å²) in [6.45, 7) is 2.08. The third-order valence-corrected chi connectivity index (χ3v) is 6.68. The number of carbonyl (C=O) groups is 1. The normalized spacial score (nSPS) is 25.7. The fourth-order valence-corrected chi connectivity index (χ4v) is 4.90. The average molecular weight is 415 g/mol. The number of aryl methyl sites for hydroxylation is 2. The third kappa shape index (κ3) is 8.04. The van der Waals surface area contributed by atoms with Gasteiger partial charge in [-0.1, -0.05) is 0 Å². The van der Waals surface area contributed by atoms with Crippen molar-refractivity contribution < 1.29 is 20.1 Å². The second kappa shape index (κ2) is 12.3. The zero-order chi connectivity index (χ0) is 21.2. The molecule has 0 bridgehead atoms. The summed E-state index contributed by atoms with van der Waals surface area (Å²) in [6.07, 6.45) is 11.4. The van der Waals surface area contributed by atoms with Crippen molar-refractivity contribution in [1.82, 2.24) is 0 Å². The number of thiophene rings is 1. The van der Waals surface area contributed by atoms with Gasteiger partial charge in [0.15, 0.2) is 0 Å². The first-order valence-corrected chi connectivity index (χ1v) is 11.2. The van der Waals surface area contributed by atoms with E-state index in [4.69, 9.17) is 12.6 Å². The predicted octanol–water partition coefficient (Wildman–Crippen LogP) is 3.69. The summed E-state index contributed by atoms with van der Waals surface area (Å²) in [4.78, 5) is 13.1. The molecule has 1 saturated carbocycles. The molecule has 0 spiro atoms. The van der Waals surface area contributed by atoms with Crippen LogP contribution in [0.15, 0.2) is 36.4 Å². The molecule has 1 heterocycles. The second-order valence-electron chi connectivity index (χ2n) is 7.90. The van der Waals surface area contributed by atoms with E-state index in [9.17, 15) is 15.0 Å². The van der Waals surface area contributed by atoms with Crippen LogP contribution >= 0.6 is 11.3 Å². The second-order valence-corrected chi connectivity index (χ2v) is 9.27. The van der Waals surface area contributed by atoms with E-state index in [2.05, 4.69) is 19.1 Å². The molecule has 1 aromatic heterocycles. The standard InChI is InChI=1S/C23H32BO4S/c1-16-8-11-19(29-16)12-9-18(25)10-13-20-17(15-24)14-22(26)21(20)6-4-2-3-5-7-23(27)28/h2,4,8,10-11,13,15,17-18,20-22,25-26H,3,5-7,9,12,14H2,1H3,(H,27,28)/b4-2-,13-10+/t17-,18-,20-,21+,22?/m0/s1. The molecule has 6 heteroatoms. The molecule has 2 rings (SSSR count). The van der Waals surface area contributed by atoms with Crippen molar-refractivity contribution in [3.8, 4) is 0 Å². The van der Waals surface area contributed by atoms with E-state index < -0.39 is 18.2 Å². The minimum absolute atomic E-state index is 0.0546. The fourth-order valence-electron chi connectivity index (χ4n) is 4.00. The van der Waals surface area contributed by atoms with Gasteiger partial charge >= 0.3 is 179 Å². The van der Waals surface area contributed by atoms with Crippen molar-refractivity contribution >= 4 is 30.8 Å². The number of unbranched alkanes of at least 4 members (excludes halogenated alkanes) is 1. The van der Waals surface area contributed by atoms with Crippen molar-refractivity contribution in [2.75, 3.05) is 0 Å². The Balaban J connectivity index is 1.87. The van der Waals surface area contributed by atoms with Crippen LogP contribution in [0, 0.1) is 24.7 Å². The number of aliphatic hydroxyl groups is 2. The minimum atomic E-state index is -0.774. The topological polar surface area (TPSA) is 77.8 Å². The summed E-state index contributed by atoms with van der Waals surface area (Å²) in [5.41, 5.74) is 0. The molecular formula is C23H32BO4S. The molecule has 1 aromatic rings. The molecule has 1 radical (unpaired) electrons. The molecule has 157 valence electrons. The van der Waals surface area contributed by atoms with Crippen molar-refractivity contribution in [3.05, 3.63) is 46.2 Å². The molecule has 29 heavy (non-hydrogen) atoms. The summed E-state index contributed by atoms with van der Waals surface area (Å²) in [6, 6.07) is 4.21. The van der Waals surface area contributed by atoms with Crippen LogP contribution in [0.1, 0.15) is 48.3 Å². The Labute approximate surface area is 179 Å². The van der Waals surface area contributed by atoms with E-state index in [1.165, 1.54) is 9.75 Å². The number of allylic oxidation sites excluding steroid dienone is 3. The monoisotopic (exact) mass is 415 g/mol. The van der Waals surface area contributed by atoms with Crippen LogP contribution in [0.25, 0.3) is 0 Å². The number of hydrogen-bond acceptors (Lipinski definition) is 4. The summed E-state index contributed by atoms with van der Waals surface area (Å²) < 4.78 is 0. The molecular weight excluding hydrogens is 383 g/mol. The van der Waals surface area contributed by atoms with Crippen LogP contribution in [-0.2, 0) is 11.2 Å². The first kappa shape index (κ1) is 23.8. The average Bonchev–Trinajstić information content (AvgIpc) is 3.23. The number of rotatable bonds is 12. The summed E-state index contributed by atoms with van der Waals surface area (Å²) in [5, 5.41) is 29.5. The summed E-state index contributed by atoms with van der Waals surface area (Å²) in [5.74, 6) is 1.13. The van der Waals surface area contributed by atoms with Gasteiger partial charge in [-0.15, -0.1) is 0 Å². The molecule has 0 saturated heterocycles. The Kier molecular flexibility index (Phi) is 10.1. The maximum absolute atomic E-state index is 10.6. The van der Waals surface area contributed by atoms with Gasteiger partial charge in [-0.2, -0.15) is 0 Å². The van der Waals surface area contributed by atoms with E-state index in [1.807, 2.05) is 24.3 Å². The zero-order valence-electron chi connectivity index (χ0n) is 17.1. The van der Waals surface area contributed by atoms with Gasteiger partial charge in [0.1, 0.15) is 0 Å². The summed E-state index contributed by atoms with van der Waals surface area (Å²) >= 11 is 1.76. The SMILES string of the molecule is [B]=C[C@@H]1CC(O)[C@H](C/C=C\CCCC(=O)O)[C@H]1/C=C/[C@@H](O)CCc1ccc(C)s1. The van der Waals surface area contributed by atoms with E-state index >= 15 is 0 Å². The Hall–Kier alpha value is -1.50. The van der Waals surface area contributed by atoms with E-state index in [0.29, 0.717) is 19.3 Å². The fraction of sp³-hybridized carbons (Fsp3) is 0.565. The van der Waals surface area contributed by atoms with E-state index in [-0.39, 0.29) is 24.2 Å². The van der Waals surface area contributed by atoms with Crippen LogP contribution < -0.4 is 0 Å². The van der Waals surface area contributed by atoms with Gasteiger partial charge in [0.05, 0.1) is 0 Å². The molecule has 5 atom stereocenters. The third-order valence-electron chi connectivity index (χ3n) is 5.62. The van der Waals surface area contributed by atoms with Gasteiger partial charge in [-0.25, -0.2) is 0 Å². The molecule has 0 amide bonds. The molecule has 4 nitrogen and oxygen atoms in total. The maximum atomic E-state index is 10.6. The molecule has 1 fully saturated rings. The zero-order valence-corrected chi connectivity index (χ0v) is 17.9. The molecule has 1 unspecified atom stereocenters. The van der Waals surface area contributed by atoms with Gasteiger partial charge in [0.25, 0.3) is 0 Å². The van der Waals surface area contributed by atoms with Crippen molar-refractivity contribution in [2.24, 2.45) is 17.8 Å². The molecule has 3 N–H and O–H groups in total. The van der Waals surface area contributed by atoms with Crippen LogP contribution in [0.4, 0.5) is 0 Å². The molecule has 1 aliphatic carbocycles. The number of aliphatic carboxylic acids is 1. The molecule has 1 aliphatic rings. The van der Waals surface area contributed by atoms with Crippen molar-refractivity contribution in [3.63, 3.8) is 0 Å². The van der Waals surface area contributed by atoms with E-state index in [1.54, 1.807) is 17.3 Å². The van der Waals surface area contributed by atoms with E-state index in [0.717, 1.165) is 19.3 Å². The van der Waals surface area contributed by atoms with Gasteiger partial charge in [-0.3, -0.25) is 0 Å². The quantitative estimate of drug-likeness (QED) is 0.276. The van der Waals surface area contributed by atoms with Crippen LogP contribution in [0.2, 0.25) is 0 Å². The predicted molar refractivity (Wildman–Crippen MR) is 121 cm³/mol. The Bertz CT molecular complexity index is 711. The van der Waals surface area contributed by atoms with Crippen LogP contribution in [-0.4, -0.2) is 47.0 Å². The summed E-state index contributed by atoms with van der Waals surface area (Å²) in [7, 11) is 5.81. The van der Waals surface area contributed by atoms with Gasteiger partial charge in [0, 0.05) is 0 Å². The number of hydrogen-bond donors (Lipinski definition) is 3. The number of carboxylic acid groups (broad SMARTS) is 1. The Morgan fingerprint density at radius 3 is 2.83 bits per heavy atom. The Morgan fingerprint density at radius 1 is 1.38 bits per heavy atom. The number of carboxylic acids is 1. The van der Waals surface area contributed by atoms with Gasteiger partial charge in [-0.05, 0) is 0 Å². The van der Waals surface area contributed by atoms with Crippen molar-refractivity contribution in [2.45, 2.75) is 64.1 Å². The number of aliphatic hydroxyl groups excluding tert-OH is 2. The molecule has 0 aromatic carbocycles. The van der Waals surface area contributed by atoms with Gasteiger partial charge < -0.3 is 0 Å². The van der Waals surface area contributed by atoms with Crippen LogP contribution in [0.3, 0.4) is 0 Å². The van der Waals surface area contributed by atoms with Crippen molar-refractivity contribution in [1.29, 1.82) is 0 Å². The molecule has 0 aliphatic heterocycles. The Morgan fingerprint density at radius 2 is 2.17 bits per heavy atom. The first-order chi connectivity index (χ1) is 13.9. The first-order valence-electron chi connectivity index (χ1n) is 10.4. The van der Waals surface area contributed by atoms with Crippen LogP contribution in [0.5, 0.6) is 0 Å². The van der Waals surface area contributed by atoms with Gasteiger partial charge in [0.2, 0.25) is 0 Å².